The number of unbranched alkanes of at least 4 members (excludes halogenated alkanes) is 1. The SMILES string of the molecule is CCCC[C@@H](NC(N)=O)c1nc(-c2ccc(OC)cc2)no1. The number of primary amides is 1. The summed E-state index contributed by atoms with van der Waals surface area (Å²) in [6.45, 7) is 2.07. The Morgan fingerprint density at radius 3 is 2.73 bits per heavy atom. The molecule has 0 fully saturated rings. The third-order valence-corrected chi connectivity index (χ3v) is 3.25. The Kier molecular flexibility index (Phi) is 5.35. The van der Waals surface area contributed by atoms with Gasteiger partial charge in [0.05, 0.1) is 7.11 Å². The standard InChI is InChI=1S/C15H20N4O3/c1-3-4-5-12(17-15(16)20)14-18-13(19-22-14)10-6-8-11(21-2)9-7-10/h6-9,12H,3-5H2,1-2H3,(H3,16,17,20)/t12-/m1/s1. The van der Waals surface area contributed by atoms with Crippen molar-refractivity contribution in [2.75, 3.05) is 7.11 Å². The Morgan fingerprint density at radius 1 is 1.41 bits per heavy atom. The maximum absolute atomic E-state index is 11.1. The lowest BCUT2D eigenvalue weighted by Crippen LogP contribution is -2.33. The number of rotatable bonds is 7. The van der Waals surface area contributed by atoms with Crippen molar-refractivity contribution in [2.24, 2.45) is 5.73 Å². The molecule has 0 aliphatic carbocycles. The van der Waals surface area contributed by atoms with E-state index in [1.807, 2.05) is 24.3 Å². The normalized spacial score (nSPS) is 11.9. The average Bonchev–Trinajstić information content (AvgIpc) is 3.01. The first-order valence-electron chi connectivity index (χ1n) is 7.18. The summed E-state index contributed by atoms with van der Waals surface area (Å²) >= 11 is 0. The largest absolute Gasteiger partial charge is 0.497 e. The molecule has 7 heteroatoms. The topological polar surface area (TPSA) is 103 Å². The van der Waals surface area contributed by atoms with E-state index in [-0.39, 0.29) is 6.04 Å². The zero-order valence-electron chi connectivity index (χ0n) is 12.7. The second kappa shape index (κ2) is 7.44. The zero-order chi connectivity index (χ0) is 15.9. The lowest BCUT2D eigenvalue weighted by Gasteiger charge is -2.12. The summed E-state index contributed by atoms with van der Waals surface area (Å²) in [7, 11) is 1.61. The number of carbonyl (C=O) groups excluding carboxylic acids is 1. The van der Waals surface area contributed by atoms with Crippen molar-refractivity contribution in [2.45, 2.75) is 32.2 Å². The predicted molar refractivity (Wildman–Crippen MR) is 81.3 cm³/mol. The zero-order valence-corrected chi connectivity index (χ0v) is 12.7. The highest BCUT2D eigenvalue weighted by molar-refractivity contribution is 5.72. The Bertz CT molecular complexity index is 610. The predicted octanol–water partition coefficient (Wildman–Crippen LogP) is 2.64. The molecule has 1 atom stereocenters. The van der Waals surface area contributed by atoms with Gasteiger partial charge in [0.25, 0.3) is 0 Å². The van der Waals surface area contributed by atoms with E-state index in [0.717, 1.165) is 24.2 Å². The van der Waals surface area contributed by atoms with Crippen LogP contribution in [0.2, 0.25) is 0 Å². The fourth-order valence-electron chi connectivity index (χ4n) is 2.07. The summed E-state index contributed by atoms with van der Waals surface area (Å²) in [6, 6.07) is 6.36. The van der Waals surface area contributed by atoms with Gasteiger partial charge in [0.1, 0.15) is 11.8 Å². The van der Waals surface area contributed by atoms with Crippen LogP contribution in [0.15, 0.2) is 28.8 Å². The second-order valence-corrected chi connectivity index (χ2v) is 4.89. The van der Waals surface area contributed by atoms with Gasteiger partial charge in [-0.2, -0.15) is 4.98 Å². The lowest BCUT2D eigenvalue weighted by atomic mass is 10.1. The number of nitrogens with one attached hydrogen (secondary N) is 1. The van der Waals surface area contributed by atoms with Crippen LogP contribution in [0.3, 0.4) is 0 Å². The highest BCUT2D eigenvalue weighted by Gasteiger charge is 2.20. The van der Waals surface area contributed by atoms with Gasteiger partial charge < -0.3 is 20.3 Å². The van der Waals surface area contributed by atoms with Crippen molar-refractivity contribution in [1.29, 1.82) is 0 Å². The molecule has 0 spiro atoms. The molecule has 3 N–H and O–H groups in total. The van der Waals surface area contributed by atoms with Crippen molar-refractivity contribution < 1.29 is 14.1 Å². The monoisotopic (exact) mass is 304 g/mol. The molecule has 0 aliphatic heterocycles. The van der Waals surface area contributed by atoms with Gasteiger partial charge in [0.15, 0.2) is 0 Å². The van der Waals surface area contributed by atoms with Gasteiger partial charge in [-0.1, -0.05) is 24.9 Å². The average molecular weight is 304 g/mol. The maximum atomic E-state index is 11.1. The molecular weight excluding hydrogens is 284 g/mol. The molecule has 22 heavy (non-hydrogen) atoms. The molecule has 1 aromatic heterocycles. The number of hydrogen-bond donors (Lipinski definition) is 2. The number of nitrogens with zero attached hydrogens (tertiary/aromatic N) is 2. The molecule has 7 nitrogen and oxygen atoms in total. The summed E-state index contributed by atoms with van der Waals surface area (Å²) in [6.07, 6.45) is 2.62. The molecule has 0 unspecified atom stereocenters. The molecule has 0 radical (unpaired) electrons. The number of amides is 2. The van der Waals surface area contributed by atoms with E-state index in [1.165, 1.54) is 0 Å². The lowest BCUT2D eigenvalue weighted by molar-refractivity contribution is 0.239. The van der Waals surface area contributed by atoms with E-state index in [4.69, 9.17) is 15.0 Å². The summed E-state index contributed by atoms with van der Waals surface area (Å²) in [5, 5.41) is 6.60. The van der Waals surface area contributed by atoms with E-state index in [1.54, 1.807) is 7.11 Å². The molecule has 1 aromatic carbocycles. The van der Waals surface area contributed by atoms with Crippen LogP contribution in [-0.2, 0) is 0 Å². The fourth-order valence-corrected chi connectivity index (χ4v) is 2.07. The van der Waals surface area contributed by atoms with Gasteiger partial charge in [0.2, 0.25) is 11.7 Å². The minimum absolute atomic E-state index is 0.359. The number of carbonyl (C=O) groups is 1. The third kappa shape index (κ3) is 3.97. The maximum Gasteiger partial charge on any atom is 0.312 e. The van der Waals surface area contributed by atoms with Gasteiger partial charge in [0, 0.05) is 5.56 Å². The van der Waals surface area contributed by atoms with Crippen molar-refractivity contribution in [3.8, 4) is 17.1 Å². The van der Waals surface area contributed by atoms with Gasteiger partial charge in [-0.05, 0) is 30.7 Å². The van der Waals surface area contributed by atoms with Crippen molar-refractivity contribution >= 4 is 6.03 Å². The molecule has 118 valence electrons. The van der Waals surface area contributed by atoms with Crippen LogP contribution in [0.4, 0.5) is 4.79 Å². The molecule has 0 bridgehead atoms. The van der Waals surface area contributed by atoms with Crippen LogP contribution in [0.5, 0.6) is 5.75 Å². The first-order valence-corrected chi connectivity index (χ1v) is 7.18. The number of benzene rings is 1. The van der Waals surface area contributed by atoms with Crippen molar-refractivity contribution in [3.63, 3.8) is 0 Å². The smallest absolute Gasteiger partial charge is 0.312 e. The Hall–Kier alpha value is -2.57. The number of aromatic nitrogens is 2. The number of hydrogen-bond acceptors (Lipinski definition) is 5. The molecular formula is C15H20N4O3. The Morgan fingerprint density at radius 2 is 2.14 bits per heavy atom. The van der Waals surface area contributed by atoms with Crippen LogP contribution in [0, 0.1) is 0 Å². The quantitative estimate of drug-likeness (QED) is 0.818. The molecule has 2 aromatic rings. The van der Waals surface area contributed by atoms with Crippen LogP contribution in [-0.4, -0.2) is 23.3 Å². The van der Waals surface area contributed by atoms with E-state index >= 15 is 0 Å². The summed E-state index contributed by atoms with van der Waals surface area (Å²) in [5.41, 5.74) is 6.01. The number of urea groups is 1. The van der Waals surface area contributed by atoms with Gasteiger partial charge in [-0.25, -0.2) is 4.79 Å². The highest BCUT2D eigenvalue weighted by Crippen LogP contribution is 2.23. The fraction of sp³-hybridized carbons (Fsp3) is 0.400. The summed E-state index contributed by atoms with van der Waals surface area (Å²) < 4.78 is 10.4. The Balaban J connectivity index is 2.17. The molecule has 0 aliphatic rings. The number of nitrogens with two attached hydrogens (primary N) is 1. The van der Waals surface area contributed by atoms with Crippen LogP contribution in [0.25, 0.3) is 11.4 Å². The number of methoxy groups -OCH3 is 1. The molecule has 2 rings (SSSR count). The minimum atomic E-state index is -0.606. The highest BCUT2D eigenvalue weighted by atomic mass is 16.5. The van der Waals surface area contributed by atoms with E-state index < -0.39 is 6.03 Å². The van der Waals surface area contributed by atoms with Crippen LogP contribution in [0.1, 0.15) is 38.1 Å². The van der Waals surface area contributed by atoms with E-state index in [2.05, 4.69) is 22.4 Å². The molecule has 1 heterocycles. The molecule has 0 saturated heterocycles. The van der Waals surface area contributed by atoms with Crippen LogP contribution >= 0.6 is 0 Å². The summed E-state index contributed by atoms with van der Waals surface area (Å²) in [4.78, 5) is 15.5. The molecule has 0 saturated carbocycles. The number of ether oxygens (including phenoxy) is 1. The Labute approximate surface area is 128 Å². The van der Waals surface area contributed by atoms with Crippen LogP contribution < -0.4 is 15.8 Å². The first-order chi connectivity index (χ1) is 10.6. The summed E-state index contributed by atoms with van der Waals surface area (Å²) in [5.74, 6) is 1.58. The first kappa shape index (κ1) is 15.8. The molecule has 2 amide bonds. The van der Waals surface area contributed by atoms with Crippen molar-refractivity contribution in [1.82, 2.24) is 15.5 Å². The minimum Gasteiger partial charge on any atom is -0.497 e. The van der Waals surface area contributed by atoms with Crippen molar-refractivity contribution in [3.05, 3.63) is 30.2 Å². The van der Waals surface area contributed by atoms with E-state index in [0.29, 0.717) is 18.1 Å². The van der Waals surface area contributed by atoms with Gasteiger partial charge in [-0.15, -0.1) is 0 Å². The van der Waals surface area contributed by atoms with E-state index in [9.17, 15) is 4.79 Å². The third-order valence-electron chi connectivity index (χ3n) is 3.25. The van der Waals surface area contributed by atoms with Gasteiger partial charge in [-0.3, -0.25) is 0 Å². The second-order valence-electron chi connectivity index (χ2n) is 4.89. The van der Waals surface area contributed by atoms with Gasteiger partial charge >= 0.3 is 6.03 Å².